The number of methoxy groups -OCH3 is 1. The van der Waals surface area contributed by atoms with Gasteiger partial charge in [-0.2, -0.15) is 0 Å². The highest BCUT2D eigenvalue weighted by Gasteiger charge is 2.24. The molecule has 1 heterocycles. The van der Waals surface area contributed by atoms with Gasteiger partial charge < -0.3 is 4.74 Å². The quantitative estimate of drug-likeness (QED) is 0.531. The lowest BCUT2D eigenvalue weighted by atomic mass is 10.1. The van der Waals surface area contributed by atoms with E-state index in [0.29, 0.717) is 5.75 Å². The largest absolute Gasteiger partial charge is 0.497 e. The molecule has 0 radical (unpaired) electrons. The van der Waals surface area contributed by atoms with Crippen molar-refractivity contribution in [3.05, 3.63) is 64.7 Å². The molecule has 0 fully saturated rings. The zero-order valence-electron chi connectivity index (χ0n) is 15.4. The van der Waals surface area contributed by atoms with Crippen molar-refractivity contribution in [1.29, 1.82) is 0 Å². The summed E-state index contributed by atoms with van der Waals surface area (Å²) in [5.41, 5.74) is 1.01. The number of benzene rings is 2. The normalized spacial score (nSPS) is 12.4. The van der Waals surface area contributed by atoms with Gasteiger partial charge in [0.1, 0.15) is 5.75 Å². The summed E-state index contributed by atoms with van der Waals surface area (Å²) in [4.78, 5) is 12.3. The second-order valence-corrected chi connectivity index (χ2v) is 9.20. The van der Waals surface area contributed by atoms with Crippen LogP contribution in [0.3, 0.4) is 0 Å². The van der Waals surface area contributed by atoms with Crippen molar-refractivity contribution in [2.24, 2.45) is 0 Å². The number of halogens is 1. The zero-order valence-corrected chi connectivity index (χ0v) is 17.8. The first kappa shape index (κ1) is 21.2. The summed E-state index contributed by atoms with van der Waals surface area (Å²) in [6.45, 7) is 1.71. The molecule has 0 aliphatic rings. The monoisotopic (exact) mass is 452 g/mol. The molecule has 0 saturated carbocycles. The van der Waals surface area contributed by atoms with E-state index in [1.165, 1.54) is 0 Å². The fraction of sp³-hybridized carbons (Fsp3) is 0.167. The first-order valence-electron chi connectivity index (χ1n) is 8.36. The molecule has 3 rings (SSSR count). The highest BCUT2D eigenvalue weighted by Crippen LogP contribution is 2.24. The third kappa shape index (κ3) is 5.10. The number of carbonyl (C=O) groups excluding carboxylic acids is 1. The molecule has 1 unspecified atom stereocenters. The Kier molecular flexibility index (Phi) is 6.48. The zero-order chi connectivity index (χ0) is 21.0. The fourth-order valence-electron chi connectivity index (χ4n) is 2.42. The fourth-order valence-corrected chi connectivity index (χ4v) is 4.79. The molecule has 3 aromatic rings. The maximum atomic E-state index is 12.6. The van der Waals surface area contributed by atoms with E-state index in [4.69, 9.17) is 16.3 Å². The van der Waals surface area contributed by atoms with E-state index in [0.717, 1.165) is 16.9 Å². The number of amides is 1. The van der Waals surface area contributed by atoms with Gasteiger partial charge in [0, 0.05) is 6.04 Å². The number of hydrogen-bond acceptors (Lipinski definition) is 7. The Balaban J connectivity index is 1.71. The maximum Gasteiger partial charge on any atom is 0.270 e. The summed E-state index contributed by atoms with van der Waals surface area (Å²) in [6, 6.07) is 13.0. The second-order valence-electron chi connectivity index (χ2n) is 5.92. The van der Waals surface area contributed by atoms with Gasteiger partial charge in [-0.1, -0.05) is 47.2 Å². The molecule has 29 heavy (non-hydrogen) atoms. The molecular weight excluding hydrogens is 436 g/mol. The number of anilines is 1. The Morgan fingerprint density at radius 2 is 1.83 bits per heavy atom. The lowest BCUT2D eigenvalue weighted by Crippen LogP contribution is -2.26. The SMILES string of the molecule is COc1ccc(C(C)NS(=O)(=O)c2nnc(NC(=O)c3ccccc3Cl)s2)cc1. The predicted octanol–water partition coefficient (Wildman–Crippen LogP) is 3.49. The molecule has 2 N–H and O–H groups in total. The molecule has 1 atom stereocenters. The van der Waals surface area contributed by atoms with Gasteiger partial charge in [-0.25, -0.2) is 13.1 Å². The minimum atomic E-state index is -3.92. The third-order valence-electron chi connectivity index (χ3n) is 3.92. The summed E-state index contributed by atoms with van der Waals surface area (Å²) in [7, 11) is -2.37. The van der Waals surface area contributed by atoms with E-state index in [1.807, 2.05) is 0 Å². The number of rotatable bonds is 7. The van der Waals surface area contributed by atoms with Gasteiger partial charge >= 0.3 is 0 Å². The molecule has 0 aliphatic carbocycles. The average molecular weight is 453 g/mol. The van der Waals surface area contributed by atoms with Crippen LogP contribution in [0.2, 0.25) is 5.02 Å². The van der Waals surface area contributed by atoms with Gasteiger partial charge in [0.2, 0.25) is 9.47 Å². The Labute approximate surface area is 176 Å². The highest BCUT2D eigenvalue weighted by molar-refractivity contribution is 7.91. The molecule has 152 valence electrons. The van der Waals surface area contributed by atoms with Gasteiger partial charge in [0.15, 0.2) is 0 Å². The van der Waals surface area contributed by atoms with Crippen molar-refractivity contribution in [3.63, 3.8) is 0 Å². The summed E-state index contributed by atoms with van der Waals surface area (Å²) in [5.74, 6) is 0.169. The topological polar surface area (TPSA) is 110 Å². The number of ether oxygens (including phenoxy) is 1. The molecule has 2 aromatic carbocycles. The van der Waals surface area contributed by atoms with Gasteiger partial charge in [0.25, 0.3) is 15.9 Å². The van der Waals surface area contributed by atoms with Crippen molar-refractivity contribution in [2.45, 2.75) is 17.3 Å². The Morgan fingerprint density at radius 1 is 1.14 bits per heavy atom. The first-order valence-corrected chi connectivity index (χ1v) is 11.0. The van der Waals surface area contributed by atoms with Gasteiger partial charge in [0.05, 0.1) is 17.7 Å². The Hall–Kier alpha value is -2.53. The van der Waals surface area contributed by atoms with Crippen LogP contribution >= 0.6 is 22.9 Å². The van der Waals surface area contributed by atoms with Gasteiger partial charge in [-0.05, 0) is 36.8 Å². The summed E-state index contributed by atoms with van der Waals surface area (Å²) < 4.78 is 32.6. The Bertz CT molecular complexity index is 1120. The van der Waals surface area contributed by atoms with Crippen molar-refractivity contribution in [3.8, 4) is 5.75 Å². The lowest BCUT2D eigenvalue weighted by molar-refractivity contribution is 0.102. The summed E-state index contributed by atoms with van der Waals surface area (Å²) in [6.07, 6.45) is 0. The van der Waals surface area contributed by atoms with Crippen LogP contribution < -0.4 is 14.8 Å². The molecule has 1 aromatic heterocycles. The predicted molar refractivity (Wildman–Crippen MR) is 111 cm³/mol. The minimum absolute atomic E-state index is 0.0485. The van der Waals surface area contributed by atoms with Crippen molar-refractivity contribution >= 4 is 44.0 Å². The molecule has 8 nitrogen and oxygen atoms in total. The van der Waals surface area contributed by atoms with Crippen LogP contribution in [0.25, 0.3) is 0 Å². The number of sulfonamides is 1. The molecule has 11 heteroatoms. The van der Waals surface area contributed by atoms with E-state index in [-0.39, 0.29) is 20.1 Å². The lowest BCUT2D eigenvalue weighted by Gasteiger charge is -2.13. The van der Waals surface area contributed by atoms with Crippen molar-refractivity contribution in [1.82, 2.24) is 14.9 Å². The van der Waals surface area contributed by atoms with E-state index < -0.39 is 22.0 Å². The van der Waals surface area contributed by atoms with E-state index >= 15 is 0 Å². The summed E-state index contributed by atoms with van der Waals surface area (Å²) >= 11 is 6.73. The Morgan fingerprint density at radius 3 is 2.48 bits per heavy atom. The maximum absolute atomic E-state index is 12.6. The molecule has 1 amide bonds. The average Bonchev–Trinajstić information content (AvgIpc) is 3.17. The summed E-state index contributed by atoms with van der Waals surface area (Å²) in [5, 5.41) is 10.2. The van der Waals surface area contributed by atoms with Crippen LogP contribution in [0.5, 0.6) is 5.75 Å². The number of nitrogens with zero attached hydrogens (tertiary/aromatic N) is 2. The third-order valence-corrected chi connectivity index (χ3v) is 7.00. The molecule has 0 saturated heterocycles. The van der Waals surface area contributed by atoms with Crippen LogP contribution in [-0.4, -0.2) is 31.6 Å². The highest BCUT2D eigenvalue weighted by atomic mass is 35.5. The van der Waals surface area contributed by atoms with E-state index in [9.17, 15) is 13.2 Å². The smallest absolute Gasteiger partial charge is 0.270 e. The number of aromatic nitrogens is 2. The van der Waals surface area contributed by atoms with Crippen LogP contribution in [0.1, 0.15) is 28.9 Å². The molecular formula is C18H17ClN4O4S2. The van der Waals surface area contributed by atoms with Crippen molar-refractivity contribution < 1.29 is 17.9 Å². The van der Waals surface area contributed by atoms with Crippen LogP contribution in [0.4, 0.5) is 5.13 Å². The van der Waals surface area contributed by atoms with Crippen LogP contribution in [0.15, 0.2) is 52.9 Å². The van der Waals surface area contributed by atoms with Crippen LogP contribution in [0, 0.1) is 0 Å². The van der Waals surface area contributed by atoms with Crippen LogP contribution in [-0.2, 0) is 10.0 Å². The van der Waals surface area contributed by atoms with E-state index in [1.54, 1.807) is 62.6 Å². The standard InChI is InChI=1S/C18H17ClN4O4S2/c1-11(12-7-9-13(27-2)10-8-12)23-29(25,26)18-22-21-17(28-18)20-16(24)14-5-3-4-6-15(14)19/h3-11,23H,1-2H3,(H,20,21,24). The van der Waals surface area contributed by atoms with Crippen molar-refractivity contribution in [2.75, 3.05) is 12.4 Å². The van der Waals surface area contributed by atoms with Gasteiger partial charge in [-0.15, -0.1) is 10.2 Å². The number of hydrogen-bond donors (Lipinski definition) is 2. The number of nitrogens with one attached hydrogen (secondary N) is 2. The van der Waals surface area contributed by atoms with Gasteiger partial charge in [-0.3, -0.25) is 10.1 Å². The van der Waals surface area contributed by atoms with E-state index in [2.05, 4.69) is 20.2 Å². The molecule has 0 spiro atoms. The first-order chi connectivity index (χ1) is 13.8. The molecule has 0 aliphatic heterocycles. The number of carbonyl (C=O) groups is 1. The molecule has 0 bridgehead atoms. The minimum Gasteiger partial charge on any atom is -0.497 e. The second kappa shape index (κ2) is 8.87.